The number of ether oxygens (including phenoxy) is 1. The summed E-state index contributed by atoms with van der Waals surface area (Å²) in [5.41, 5.74) is 9.10. The van der Waals surface area contributed by atoms with Crippen molar-refractivity contribution in [3.05, 3.63) is 34.5 Å². The Hall–Kier alpha value is -2.47. The number of carbonyl (C=O) groups is 1. The lowest BCUT2D eigenvalue weighted by molar-refractivity contribution is 0.145. The lowest BCUT2D eigenvalue weighted by atomic mass is 10.2. The summed E-state index contributed by atoms with van der Waals surface area (Å²) in [6.45, 7) is 0.301. The molecule has 1 heterocycles. The predicted molar refractivity (Wildman–Crippen MR) is 72.4 cm³/mol. The van der Waals surface area contributed by atoms with Crippen LogP contribution in [0, 0.1) is 5.82 Å². The first-order valence-corrected chi connectivity index (χ1v) is 5.99. The lowest BCUT2D eigenvalue weighted by Crippen LogP contribution is -2.25. The third-order valence-corrected chi connectivity index (χ3v) is 2.95. The van der Waals surface area contributed by atoms with Gasteiger partial charge in [-0.3, -0.25) is 4.90 Å². The molecular formula is C12H14FN5O2. The van der Waals surface area contributed by atoms with Crippen LogP contribution in [0.2, 0.25) is 0 Å². The second-order valence-electron chi connectivity index (χ2n) is 4.56. The number of nitrogens with zero attached hydrogens (tertiary/aromatic N) is 5. The molecule has 1 aliphatic rings. The number of benzene rings is 1. The van der Waals surface area contributed by atoms with Gasteiger partial charge in [-0.1, -0.05) is 5.11 Å². The Bertz CT molecular complexity index is 571. The van der Waals surface area contributed by atoms with Crippen LogP contribution in [0.5, 0.6) is 0 Å². The van der Waals surface area contributed by atoms with Crippen molar-refractivity contribution in [1.82, 2.24) is 0 Å². The molecule has 1 fully saturated rings. The largest absolute Gasteiger partial charge is 0.444 e. The van der Waals surface area contributed by atoms with Gasteiger partial charge in [-0.25, -0.2) is 9.18 Å². The van der Waals surface area contributed by atoms with E-state index in [4.69, 9.17) is 10.3 Å². The lowest BCUT2D eigenvalue weighted by Gasteiger charge is -2.17. The van der Waals surface area contributed by atoms with E-state index < -0.39 is 18.0 Å². The summed E-state index contributed by atoms with van der Waals surface area (Å²) in [5, 5.41) is 3.37. The number of hydrogen-bond donors (Lipinski definition) is 0. The van der Waals surface area contributed by atoms with Gasteiger partial charge in [0.2, 0.25) is 0 Å². The number of carbonyl (C=O) groups excluding carboxylic acids is 1. The zero-order valence-corrected chi connectivity index (χ0v) is 11.2. The van der Waals surface area contributed by atoms with Crippen molar-refractivity contribution in [3.8, 4) is 0 Å². The average Bonchev–Trinajstić information content (AvgIpc) is 2.77. The molecule has 2 rings (SSSR count). The van der Waals surface area contributed by atoms with E-state index in [-0.39, 0.29) is 13.1 Å². The van der Waals surface area contributed by atoms with E-state index in [1.54, 1.807) is 31.1 Å². The zero-order chi connectivity index (χ0) is 14.7. The molecule has 106 valence electrons. The molecule has 1 saturated heterocycles. The van der Waals surface area contributed by atoms with E-state index in [2.05, 4.69) is 10.0 Å². The highest BCUT2D eigenvalue weighted by Gasteiger charge is 2.32. The molecule has 8 heteroatoms. The van der Waals surface area contributed by atoms with Crippen molar-refractivity contribution in [2.75, 3.05) is 37.0 Å². The van der Waals surface area contributed by atoms with E-state index in [1.807, 2.05) is 0 Å². The SMILES string of the molecule is CN(C)c1ccc(N2C[C@H](CN=[N+]=[N-])OC2=O)cc1F. The number of anilines is 2. The van der Waals surface area contributed by atoms with Gasteiger partial charge < -0.3 is 9.64 Å². The summed E-state index contributed by atoms with van der Waals surface area (Å²) in [4.78, 5) is 17.3. The van der Waals surface area contributed by atoms with Gasteiger partial charge in [-0.2, -0.15) is 0 Å². The van der Waals surface area contributed by atoms with Crippen LogP contribution in [-0.4, -0.2) is 39.4 Å². The number of cyclic esters (lactones) is 1. The molecule has 0 N–H and O–H groups in total. The molecule has 1 aromatic carbocycles. The molecule has 0 saturated carbocycles. The fraction of sp³-hybridized carbons (Fsp3) is 0.417. The van der Waals surface area contributed by atoms with Gasteiger partial charge in [-0.15, -0.1) is 0 Å². The van der Waals surface area contributed by atoms with Crippen molar-refractivity contribution in [3.63, 3.8) is 0 Å². The molecule has 0 aliphatic carbocycles. The minimum absolute atomic E-state index is 0.0665. The van der Waals surface area contributed by atoms with E-state index in [0.717, 1.165) is 0 Å². The van der Waals surface area contributed by atoms with Crippen LogP contribution in [0.1, 0.15) is 0 Å². The maximum Gasteiger partial charge on any atom is 0.414 e. The minimum Gasteiger partial charge on any atom is -0.444 e. The molecule has 0 spiro atoms. The third-order valence-electron chi connectivity index (χ3n) is 2.95. The van der Waals surface area contributed by atoms with Gasteiger partial charge >= 0.3 is 6.09 Å². The van der Waals surface area contributed by atoms with Crippen molar-refractivity contribution in [1.29, 1.82) is 0 Å². The highest BCUT2D eigenvalue weighted by Crippen LogP contribution is 2.27. The molecule has 1 aromatic rings. The number of azide groups is 1. The van der Waals surface area contributed by atoms with Gasteiger partial charge in [-0.05, 0) is 23.7 Å². The Morgan fingerprint density at radius 3 is 2.95 bits per heavy atom. The standard InChI is InChI=1S/C12H14FN5O2/c1-17(2)11-4-3-8(5-10(11)13)18-7-9(6-15-16-14)20-12(18)19/h3-5,9H,6-7H2,1-2H3/t9-/m0/s1. The maximum atomic E-state index is 13.9. The molecule has 1 aliphatic heterocycles. The summed E-state index contributed by atoms with van der Waals surface area (Å²) < 4.78 is 18.9. The predicted octanol–water partition coefficient (Wildman–Crippen LogP) is 2.53. The summed E-state index contributed by atoms with van der Waals surface area (Å²) in [5.74, 6) is -0.418. The van der Waals surface area contributed by atoms with Gasteiger partial charge in [0.15, 0.2) is 0 Å². The van der Waals surface area contributed by atoms with Crippen LogP contribution < -0.4 is 9.80 Å². The topological polar surface area (TPSA) is 81.5 Å². The molecule has 0 radical (unpaired) electrons. The molecule has 0 aromatic heterocycles. The molecule has 0 bridgehead atoms. The van der Waals surface area contributed by atoms with E-state index in [1.165, 1.54) is 11.0 Å². The summed E-state index contributed by atoms with van der Waals surface area (Å²) in [6.07, 6.45) is -1.07. The van der Waals surface area contributed by atoms with Gasteiger partial charge in [0, 0.05) is 19.0 Å². The zero-order valence-electron chi connectivity index (χ0n) is 11.2. The summed E-state index contributed by atoms with van der Waals surface area (Å²) in [7, 11) is 3.47. The third kappa shape index (κ3) is 2.75. The first-order chi connectivity index (χ1) is 9.52. The van der Waals surface area contributed by atoms with Crippen LogP contribution in [0.4, 0.5) is 20.6 Å². The fourth-order valence-corrected chi connectivity index (χ4v) is 1.98. The van der Waals surface area contributed by atoms with E-state index in [9.17, 15) is 9.18 Å². The van der Waals surface area contributed by atoms with Crippen LogP contribution in [-0.2, 0) is 4.74 Å². The molecule has 1 atom stereocenters. The average molecular weight is 279 g/mol. The molecule has 7 nitrogen and oxygen atoms in total. The minimum atomic E-state index is -0.569. The number of hydrogen-bond acceptors (Lipinski definition) is 4. The van der Waals surface area contributed by atoms with Crippen LogP contribution >= 0.6 is 0 Å². The Labute approximate surface area is 115 Å². The maximum absolute atomic E-state index is 13.9. The fourth-order valence-electron chi connectivity index (χ4n) is 1.98. The van der Waals surface area contributed by atoms with Crippen molar-refractivity contribution >= 4 is 17.5 Å². The highest BCUT2D eigenvalue weighted by molar-refractivity contribution is 5.90. The number of halogens is 1. The number of rotatable bonds is 4. The molecule has 1 amide bonds. The second-order valence-corrected chi connectivity index (χ2v) is 4.56. The van der Waals surface area contributed by atoms with Crippen molar-refractivity contribution < 1.29 is 13.9 Å². The quantitative estimate of drug-likeness (QED) is 0.482. The Kier molecular flexibility index (Phi) is 3.95. The summed E-state index contributed by atoms with van der Waals surface area (Å²) in [6, 6.07) is 4.53. The van der Waals surface area contributed by atoms with Crippen molar-refractivity contribution in [2.24, 2.45) is 5.11 Å². The van der Waals surface area contributed by atoms with Crippen molar-refractivity contribution in [2.45, 2.75) is 6.10 Å². The smallest absolute Gasteiger partial charge is 0.414 e. The van der Waals surface area contributed by atoms with Gasteiger partial charge in [0.25, 0.3) is 0 Å². The Balaban J connectivity index is 2.18. The monoisotopic (exact) mass is 279 g/mol. The van der Waals surface area contributed by atoms with Crippen LogP contribution in [0.25, 0.3) is 10.4 Å². The summed E-state index contributed by atoms with van der Waals surface area (Å²) >= 11 is 0. The Morgan fingerprint density at radius 2 is 2.35 bits per heavy atom. The second kappa shape index (κ2) is 5.66. The first-order valence-electron chi connectivity index (χ1n) is 5.99. The van der Waals surface area contributed by atoms with Gasteiger partial charge in [0.1, 0.15) is 11.9 Å². The molecule has 0 unspecified atom stereocenters. The Morgan fingerprint density at radius 1 is 1.60 bits per heavy atom. The van der Waals surface area contributed by atoms with Gasteiger partial charge in [0.05, 0.1) is 24.5 Å². The van der Waals surface area contributed by atoms with Crippen LogP contribution in [0.3, 0.4) is 0 Å². The highest BCUT2D eigenvalue weighted by atomic mass is 19.1. The normalized spacial score (nSPS) is 17.6. The molecular weight excluding hydrogens is 265 g/mol. The van der Waals surface area contributed by atoms with E-state index in [0.29, 0.717) is 11.4 Å². The number of amides is 1. The first kappa shape index (κ1) is 14.0. The molecule has 20 heavy (non-hydrogen) atoms. The van der Waals surface area contributed by atoms with Crippen LogP contribution in [0.15, 0.2) is 23.3 Å². The van der Waals surface area contributed by atoms with E-state index >= 15 is 0 Å².